The molecule has 0 aliphatic rings. The Bertz CT molecular complexity index is 774. The van der Waals surface area contributed by atoms with Gasteiger partial charge in [-0.15, -0.1) is 0 Å². The molecule has 1 N–H and O–H groups in total. The van der Waals surface area contributed by atoms with Gasteiger partial charge in [0.25, 0.3) is 0 Å². The zero-order valence-electron chi connectivity index (χ0n) is 10.3. The van der Waals surface area contributed by atoms with Gasteiger partial charge in [0.1, 0.15) is 5.52 Å². The maximum Gasteiger partial charge on any atom is 0.336 e. The molecule has 94 valence electrons. The lowest BCUT2D eigenvalue weighted by Crippen LogP contribution is -1.98. The maximum absolute atomic E-state index is 11.2. The molecule has 0 aliphatic heterocycles. The average Bonchev–Trinajstić information content (AvgIpc) is 2.81. The van der Waals surface area contributed by atoms with E-state index in [9.17, 15) is 9.90 Å². The molecule has 19 heavy (non-hydrogen) atoms. The minimum Gasteiger partial charge on any atom is -0.478 e. The summed E-state index contributed by atoms with van der Waals surface area (Å²) in [7, 11) is 0. The number of oxazole rings is 1. The van der Waals surface area contributed by atoms with Gasteiger partial charge in [0.15, 0.2) is 5.58 Å². The summed E-state index contributed by atoms with van der Waals surface area (Å²) in [6.45, 7) is 1.97. The fourth-order valence-corrected chi connectivity index (χ4v) is 2.00. The minimum atomic E-state index is -0.992. The van der Waals surface area contributed by atoms with E-state index in [4.69, 9.17) is 4.42 Å². The van der Waals surface area contributed by atoms with Gasteiger partial charge in [0, 0.05) is 0 Å². The highest BCUT2D eigenvalue weighted by Crippen LogP contribution is 2.27. The van der Waals surface area contributed by atoms with Crippen LogP contribution in [0.5, 0.6) is 0 Å². The number of rotatable bonds is 2. The summed E-state index contributed by atoms with van der Waals surface area (Å²) >= 11 is 0. The number of nitrogens with zero attached hydrogens (tertiary/aromatic N) is 1. The van der Waals surface area contributed by atoms with Crippen molar-refractivity contribution in [2.24, 2.45) is 0 Å². The second-order valence-electron chi connectivity index (χ2n) is 4.34. The number of hydrogen-bond donors (Lipinski definition) is 1. The molecular formula is C15H11NO3. The third-order valence-corrected chi connectivity index (χ3v) is 2.93. The molecule has 0 atom stereocenters. The Hall–Kier alpha value is -2.62. The smallest absolute Gasteiger partial charge is 0.336 e. The van der Waals surface area contributed by atoms with Crippen molar-refractivity contribution in [2.75, 3.05) is 0 Å². The van der Waals surface area contributed by atoms with Crippen LogP contribution in [0.2, 0.25) is 0 Å². The molecule has 0 bridgehead atoms. The molecule has 3 aromatic rings. The van der Waals surface area contributed by atoms with Crippen molar-refractivity contribution in [3.05, 3.63) is 53.6 Å². The molecule has 0 saturated carbocycles. The molecule has 0 unspecified atom stereocenters. The molecule has 1 heterocycles. The lowest BCUT2D eigenvalue weighted by molar-refractivity contribution is 0.0697. The van der Waals surface area contributed by atoms with Crippen molar-refractivity contribution in [2.45, 2.75) is 6.92 Å². The summed E-state index contributed by atoms with van der Waals surface area (Å²) in [5, 5.41) is 9.18. The monoisotopic (exact) mass is 253 g/mol. The highest BCUT2D eigenvalue weighted by Gasteiger charge is 2.15. The predicted octanol–water partition coefficient (Wildman–Crippen LogP) is 3.50. The lowest BCUT2D eigenvalue weighted by Gasteiger charge is -2.00. The SMILES string of the molecule is Cc1ccc2nc(-c3ccccc3C(=O)O)oc2c1. The van der Waals surface area contributed by atoms with Gasteiger partial charge in [-0.1, -0.05) is 18.2 Å². The van der Waals surface area contributed by atoms with Crippen molar-refractivity contribution < 1.29 is 14.3 Å². The van der Waals surface area contributed by atoms with Crippen LogP contribution in [0.25, 0.3) is 22.6 Å². The molecule has 1 aromatic heterocycles. The first kappa shape index (κ1) is 11.5. The van der Waals surface area contributed by atoms with Crippen molar-refractivity contribution in [3.63, 3.8) is 0 Å². The van der Waals surface area contributed by atoms with Crippen LogP contribution in [-0.4, -0.2) is 16.1 Å². The van der Waals surface area contributed by atoms with Gasteiger partial charge in [0.2, 0.25) is 5.89 Å². The molecule has 0 fully saturated rings. The largest absolute Gasteiger partial charge is 0.478 e. The number of aromatic nitrogens is 1. The third-order valence-electron chi connectivity index (χ3n) is 2.93. The summed E-state index contributed by atoms with van der Waals surface area (Å²) in [6.07, 6.45) is 0. The van der Waals surface area contributed by atoms with E-state index >= 15 is 0 Å². The molecular weight excluding hydrogens is 242 g/mol. The third kappa shape index (κ3) is 1.97. The molecule has 4 nitrogen and oxygen atoms in total. The first-order valence-corrected chi connectivity index (χ1v) is 5.85. The van der Waals surface area contributed by atoms with Gasteiger partial charge in [-0.2, -0.15) is 0 Å². The van der Waals surface area contributed by atoms with Crippen LogP contribution in [-0.2, 0) is 0 Å². The van der Waals surface area contributed by atoms with Crippen molar-refractivity contribution in [1.82, 2.24) is 4.98 Å². The van der Waals surface area contributed by atoms with E-state index in [1.807, 2.05) is 25.1 Å². The van der Waals surface area contributed by atoms with Crippen molar-refractivity contribution in [1.29, 1.82) is 0 Å². The van der Waals surface area contributed by atoms with Crippen LogP contribution in [0.4, 0.5) is 0 Å². The second-order valence-corrected chi connectivity index (χ2v) is 4.34. The van der Waals surface area contributed by atoms with Crippen LogP contribution in [0.15, 0.2) is 46.9 Å². The first-order valence-electron chi connectivity index (χ1n) is 5.85. The highest BCUT2D eigenvalue weighted by atomic mass is 16.4. The van der Waals surface area contributed by atoms with E-state index < -0.39 is 5.97 Å². The topological polar surface area (TPSA) is 63.3 Å². The van der Waals surface area contributed by atoms with Crippen LogP contribution >= 0.6 is 0 Å². The van der Waals surface area contributed by atoms with Crippen molar-refractivity contribution in [3.8, 4) is 11.5 Å². The van der Waals surface area contributed by atoms with E-state index in [1.54, 1.807) is 18.2 Å². The number of aromatic carboxylic acids is 1. The summed E-state index contributed by atoms with van der Waals surface area (Å²) in [5.41, 5.74) is 3.13. The fraction of sp³-hybridized carbons (Fsp3) is 0.0667. The van der Waals surface area contributed by atoms with Crippen LogP contribution in [0.3, 0.4) is 0 Å². The minimum absolute atomic E-state index is 0.186. The number of carboxylic acid groups (broad SMARTS) is 1. The number of aryl methyl sites for hydroxylation is 1. The second kappa shape index (κ2) is 4.24. The highest BCUT2D eigenvalue weighted by molar-refractivity contribution is 5.95. The van der Waals surface area contributed by atoms with E-state index in [0.717, 1.165) is 11.1 Å². The molecule has 0 aliphatic carbocycles. The summed E-state index contributed by atoms with van der Waals surface area (Å²) in [5.74, 6) is -0.660. The van der Waals surface area contributed by atoms with E-state index in [2.05, 4.69) is 4.98 Å². The van der Waals surface area contributed by atoms with Gasteiger partial charge in [0.05, 0.1) is 11.1 Å². The lowest BCUT2D eigenvalue weighted by atomic mass is 10.1. The van der Waals surface area contributed by atoms with Gasteiger partial charge < -0.3 is 9.52 Å². The van der Waals surface area contributed by atoms with Crippen LogP contribution < -0.4 is 0 Å². The average molecular weight is 253 g/mol. The standard InChI is InChI=1S/C15H11NO3/c1-9-6-7-12-13(8-9)19-14(16-12)10-4-2-3-5-11(10)15(17)18/h2-8H,1H3,(H,17,18). The van der Waals surface area contributed by atoms with Crippen LogP contribution in [0, 0.1) is 6.92 Å². The molecule has 2 aromatic carbocycles. The van der Waals surface area contributed by atoms with Gasteiger partial charge >= 0.3 is 5.97 Å². The number of carbonyl (C=O) groups is 1. The molecule has 0 amide bonds. The maximum atomic E-state index is 11.2. The number of fused-ring (bicyclic) bond motifs is 1. The quantitative estimate of drug-likeness (QED) is 0.759. The summed E-state index contributed by atoms with van der Waals surface area (Å²) in [6, 6.07) is 12.4. The number of carboxylic acids is 1. The predicted molar refractivity (Wildman–Crippen MR) is 71.1 cm³/mol. The Morgan fingerprint density at radius 2 is 2.00 bits per heavy atom. The molecule has 4 heteroatoms. The Balaban J connectivity index is 2.22. The molecule has 3 rings (SSSR count). The zero-order valence-corrected chi connectivity index (χ0v) is 10.3. The van der Waals surface area contributed by atoms with E-state index in [-0.39, 0.29) is 5.56 Å². The normalized spacial score (nSPS) is 10.8. The van der Waals surface area contributed by atoms with Crippen LogP contribution in [0.1, 0.15) is 15.9 Å². The Kier molecular flexibility index (Phi) is 2.56. The number of hydrogen-bond acceptors (Lipinski definition) is 3. The van der Waals surface area contributed by atoms with E-state index in [1.165, 1.54) is 6.07 Å². The van der Waals surface area contributed by atoms with Gasteiger partial charge in [-0.3, -0.25) is 0 Å². The van der Waals surface area contributed by atoms with Crippen molar-refractivity contribution >= 4 is 17.1 Å². The fourth-order valence-electron chi connectivity index (χ4n) is 2.00. The Morgan fingerprint density at radius 3 is 2.79 bits per heavy atom. The Morgan fingerprint density at radius 1 is 1.21 bits per heavy atom. The van der Waals surface area contributed by atoms with E-state index in [0.29, 0.717) is 17.0 Å². The molecule has 0 radical (unpaired) electrons. The first-order chi connectivity index (χ1) is 9.15. The molecule has 0 saturated heterocycles. The summed E-state index contributed by atoms with van der Waals surface area (Å²) in [4.78, 5) is 15.5. The Labute approximate surface area is 109 Å². The van der Waals surface area contributed by atoms with Gasteiger partial charge in [-0.25, -0.2) is 9.78 Å². The molecule has 0 spiro atoms. The summed E-state index contributed by atoms with van der Waals surface area (Å²) < 4.78 is 5.65. The number of benzene rings is 2. The zero-order chi connectivity index (χ0) is 13.4. The van der Waals surface area contributed by atoms with Gasteiger partial charge in [-0.05, 0) is 36.8 Å².